The second-order valence-electron chi connectivity index (χ2n) is 7.35. The topological polar surface area (TPSA) is 114 Å². The highest BCUT2D eigenvalue weighted by molar-refractivity contribution is 8.14. The number of hydrogen-bond acceptors (Lipinski definition) is 10. The Morgan fingerprint density at radius 3 is 1.60 bits per heavy atom. The first-order valence-corrected chi connectivity index (χ1v) is 16.8. The highest BCUT2D eigenvalue weighted by atomic mass is 32.2. The fourth-order valence-corrected chi connectivity index (χ4v) is 8.43. The van der Waals surface area contributed by atoms with Gasteiger partial charge in [0.15, 0.2) is 0 Å². The van der Waals surface area contributed by atoms with Crippen LogP contribution in [0, 0.1) is 6.92 Å². The number of nitrogens with one attached hydrogen (secondary N) is 2. The van der Waals surface area contributed by atoms with E-state index in [1.165, 1.54) is 23.5 Å². The molecule has 2 amide bonds. The Bertz CT molecular complexity index is 782. The van der Waals surface area contributed by atoms with Crippen LogP contribution in [0.5, 0.6) is 0 Å². The first-order valence-electron chi connectivity index (χ1n) is 11.0. The average Bonchev–Trinajstić information content (AvgIpc) is 2.87. The van der Waals surface area contributed by atoms with E-state index in [1.807, 2.05) is 13.0 Å². The summed E-state index contributed by atoms with van der Waals surface area (Å²) in [6.45, 7) is 1.90. The Hall–Kier alpha value is -0.946. The van der Waals surface area contributed by atoms with Gasteiger partial charge in [0, 0.05) is 77.6 Å². The van der Waals surface area contributed by atoms with Gasteiger partial charge in [-0.2, -0.15) is 0 Å². The number of thioether (sulfide) groups is 2. The van der Waals surface area contributed by atoms with E-state index in [0.717, 1.165) is 18.4 Å². The van der Waals surface area contributed by atoms with E-state index < -0.39 is 17.6 Å². The summed E-state index contributed by atoms with van der Waals surface area (Å²) in [4.78, 5) is 24.8. The van der Waals surface area contributed by atoms with Crippen molar-refractivity contribution in [1.29, 1.82) is 0 Å². The Kier molecular flexibility index (Phi) is 15.3. The van der Waals surface area contributed by atoms with E-state index in [9.17, 15) is 9.59 Å². The molecule has 0 bridgehead atoms. The zero-order chi connectivity index (χ0) is 26.3. The van der Waals surface area contributed by atoms with Gasteiger partial charge in [-0.3, -0.25) is 9.59 Å². The van der Waals surface area contributed by atoms with Crippen molar-refractivity contribution in [2.24, 2.45) is 0 Å². The van der Waals surface area contributed by atoms with E-state index in [1.54, 1.807) is 54.8 Å². The quantitative estimate of drug-likeness (QED) is 0.208. The van der Waals surface area contributed by atoms with Gasteiger partial charge in [0.1, 0.15) is 0 Å². The fourth-order valence-electron chi connectivity index (χ4n) is 3.15. The summed E-state index contributed by atoms with van der Waals surface area (Å²) in [6, 6.07) is 6.66. The lowest BCUT2D eigenvalue weighted by atomic mass is 10.2. The normalized spacial score (nSPS) is 12.0. The van der Waals surface area contributed by atoms with Gasteiger partial charge in [0.25, 0.3) is 10.5 Å². The second kappa shape index (κ2) is 16.7. The lowest BCUT2D eigenvalue weighted by Gasteiger charge is -2.24. The molecule has 2 N–H and O–H groups in total. The monoisotopic (exact) mass is 566 g/mol. The van der Waals surface area contributed by atoms with Crippen LogP contribution in [0.15, 0.2) is 18.2 Å². The summed E-state index contributed by atoms with van der Waals surface area (Å²) in [5.41, 5.74) is 2.16. The molecule has 200 valence electrons. The summed E-state index contributed by atoms with van der Waals surface area (Å²) in [7, 11) is 4.18. The van der Waals surface area contributed by atoms with Gasteiger partial charge in [-0.25, -0.2) is 0 Å². The number of benzene rings is 1. The molecule has 0 heterocycles. The van der Waals surface area contributed by atoms with Crippen LogP contribution < -0.4 is 10.6 Å². The molecule has 35 heavy (non-hydrogen) atoms. The van der Waals surface area contributed by atoms with Crippen molar-refractivity contribution in [1.82, 2.24) is 0 Å². The van der Waals surface area contributed by atoms with Crippen molar-refractivity contribution >= 4 is 63.0 Å². The van der Waals surface area contributed by atoms with Crippen molar-refractivity contribution in [2.45, 2.75) is 31.9 Å². The van der Waals surface area contributed by atoms with Crippen LogP contribution in [0.1, 0.15) is 18.4 Å². The Morgan fingerprint density at radius 2 is 1.17 bits per heavy atom. The summed E-state index contributed by atoms with van der Waals surface area (Å²) >= 11 is 2.35. The maximum atomic E-state index is 12.4. The molecule has 0 atom stereocenters. The van der Waals surface area contributed by atoms with Crippen LogP contribution in [0.3, 0.4) is 0 Å². The molecular weight excluding hydrogens is 529 g/mol. The van der Waals surface area contributed by atoms with E-state index in [2.05, 4.69) is 10.6 Å². The molecule has 1 aromatic carbocycles. The first kappa shape index (κ1) is 32.1. The number of hydrogen-bond donors (Lipinski definition) is 2. The second-order valence-corrected chi connectivity index (χ2v) is 15.7. The summed E-state index contributed by atoms with van der Waals surface area (Å²) in [5, 5.41) is 5.40. The Balaban J connectivity index is 2.50. The summed E-state index contributed by atoms with van der Waals surface area (Å²) < 4.78 is 32.4. The minimum atomic E-state index is -2.63. The number of aryl methyl sites for hydroxylation is 1. The third kappa shape index (κ3) is 10.9. The fraction of sp³-hybridized carbons (Fsp3) is 0.619. The standard InChI is InChI=1S/C21H38N2O8S2Si2/c1-17-10-11-18(22-20(24)32-12-8-14-34(26-2,27-3)28-4)16-19(17)23-21(25)33-13-9-15-35(29-5,30-6)31-7/h10-11,16H,8-9,12-15H2,1-7H3,(H,22,24)(H,23,25). The molecule has 0 saturated carbocycles. The van der Waals surface area contributed by atoms with Gasteiger partial charge in [-0.15, -0.1) is 0 Å². The summed E-state index contributed by atoms with van der Waals surface area (Å²) in [5.74, 6) is 1.20. The van der Waals surface area contributed by atoms with Crippen molar-refractivity contribution < 1.29 is 36.1 Å². The molecule has 0 unspecified atom stereocenters. The average molecular weight is 567 g/mol. The zero-order valence-corrected chi connectivity index (χ0v) is 25.2. The lowest BCUT2D eigenvalue weighted by Crippen LogP contribution is -2.42. The highest BCUT2D eigenvalue weighted by Crippen LogP contribution is 2.24. The Morgan fingerprint density at radius 1 is 0.743 bits per heavy atom. The van der Waals surface area contributed by atoms with Gasteiger partial charge in [-0.1, -0.05) is 29.6 Å². The van der Waals surface area contributed by atoms with Gasteiger partial charge in [0.05, 0.1) is 0 Å². The predicted octanol–water partition coefficient (Wildman–Crippen LogP) is 5.06. The number of carbonyl (C=O) groups is 2. The number of anilines is 2. The van der Waals surface area contributed by atoms with Gasteiger partial charge < -0.3 is 37.2 Å². The number of rotatable bonds is 16. The molecule has 0 aliphatic carbocycles. The third-order valence-corrected chi connectivity index (χ3v) is 12.7. The van der Waals surface area contributed by atoms with E-state index >= 15 is 0 Å². The molecule has 0 spiro atoms. The van der Waals surface area contributed by atoms with E-state index in [-0.39, 0.29) is 10.5 Å². The molecule has 0 aliphatic rings. The molecular formula is C21H38N2O8S2Si2. The minimum Gasteiger partial charge on any atom is -0.377 e. The molecule has 0 fully saturated rings. The molecule has 0 aromatic heterocycles. The first-order chi connectivity index (χ1) is 16.7. The van der Waals surface area contributed by atoms with Crippen molar-refractivity contribution in [3.8, 4) is 0 Å². The van der Waals surface area contributed by atoms with Crippen LogP contribution in [0.2, 0.25) is 12.1 Å². The molecule has 1 aromatic rings. The Labute approximate surface area is 219 Å². The van der Waals surface area contributed by atoms with Gasteiger partial charge in [-0.05, 0) is 37.5 Å². The van der Waals surface area contributed by atoms with Crippen molar-refractivity contribution in [3.05, 3.63) is 23.8 Å². The molecule has 0 saturated heterocycles. The third-order valence-electron chi connectivity index (χ3n) is 5.31. The van der Waals surface area contributed by atoms with Crippen molar-refractivity contribution in [2.75, 3.05) is 64.8 Å². The molecule has 1 rings (SSSR count). The van der Waals surface area contributed by atoms with Gasteiger partial charge in [0.2, 0.25) is 0 Å². The number of carbonyl (C=O) groups excluding carboxylic acids is 2. The number of amides is 2. The van der Waals surface area contributed by atoms with Crippen LogP contribution in [-0.2, 0) is 26.6 Å². The zero-order valence-electron chi connectivity index (χ0n) is 21.6. The van der Waals surface area contributed by atoms with Crippen LogP contribution in [0.25, 0.3) is 0 Å². The van der Waals surface area contributed by atoms with E-state index in [4.69, 9.17) is 26.6 Å². The molecule has 14 heteroatoms. The van der Waals surface area contributed by atoms with Crippen LogP contribution >= 0.6 is 23.5 Å². The van der Waals surface area contributed by atoms with Crippen LogP contribution in [0.4, 0.5) is 21.0 Å². The smallest absolute Gasteiger partial charge is 0.377 e. The largest absolute Gasteiger partial charge is 0.500 e. The molecule has 0 aliphatic heterocycles. The van der Waals surface area contributed by atoms with E-state index in [0.29, 0.717) is 35.0 Å². The summed E-state index contributed by atoms with van der Waals surface area (Å²) in [6.07, 6.45) is 1.43. The molecule has 10 nitrogen and oxygen atoms in total. The lowest BCUT2D eigenvalue weighted by molar-refractivity contribution is 0.123. The SMILES string of the molecule is CO[Si](CCCSC(=O)Nc1ccc(C)c(NC(=O)SCCC[Si](OC)(OC)OC)c1)(OC)OC. The highest BCUT2D eigenvalue weighted by Gasteiger charge is 2.37. The minimum absolute atomic E-state index is 0.174. The van der Waals surface area contributed by atoms with Gasteiger partial charge >= 0.3 is 17.6 Å². The van der Waals surface area contributed by atoms with Crippen LogP contribution in [-0.4, -0.2) is 82.3 Å². The molecule has 0 radical (unpaired) electrons. The maximum Gasteiger partial charge on any atom is 0.500 e. The predicted molar refractivity (Wildman–Crippen MR) is 147 cm³/mol. The maximum absolute atomic E-state index is 12.4. The van der Waals surface area contributed by atoms with Crippen molar-refractivity contribution in [3.63, 3.8) is 0 Å².